The van der Waals surface area contributed by atoms with Gasteiger partial charge in [-0.25, -0.2) is 4.68 Å². The van der Waals surface area contributed by atoms with E-state index in [1.165, 1.54) is 0 Å². The van der Waals surface area contributed by atoms with Gasteiger partial charge in [-0.1, -0.05) is 78.9 Å². The summed E-state index contributed by atoms with van der Waals surface area (Å²) >= 11 is 0. The van der Waals surface area contributed by atoms with Crippen LogP contribution < -0.4 is 5.32 Å². The van der Waals surface area contributed by atoms with Crippen molar-refractivity contribution in [1.82, 2.24) is 15.1 Å². The number of nitrogens with zero attached hydrogens (tertiary/aromatic N) is 3. The number of rotatable bonds is 7. The van der Waals surface area contributed by atoms with Gasteiger partial charge in [-0.05, 0) is 30.2 Å². The van der Waals surface area contributed by atoms with Crippen molar-refractivity contribution in [2.24, 2.45) is 0 Å². The zero-order valence-corrected chi connectivity index (χ0v) is 17.5. The third kappa shape index (κ3) is 5.00. The third-order valence-corrected chi connectivity index (χ3v) is 5.02. The predicted octanol–water partition coefficient (Wildman–Crippen LogP) is 4.81. The van der Waals surface area contributed by atoms with Crippen molar-refractivity contribution in [3.63, 3.8) is 0 Å². The van der Waals surface area contributed by atoms with Crippen LogP contribution in [0.1, 0.15) is 11.1 Å². The van der Waals surface area contributed by atoms with E-state index in [0.29, 0.717) is 24.2 Å². The highest BCUT2D eigenvalue weighted by molar-refractivity contribution is 6.02. The van der Waals surface area contributed by atoms with Gasteiger partial charge in [0.2, 0.25) is 0 Å². The van der Waals surface area contributed by atoms with Crippen LogP contribution in [0.3, 0.4) is 0 Å². The molecule has 0 radical (unpaired) electrons. The second kappa shape index (κ2) is 10.1. The van der Waals surface area contributed by atoms with Gasteiger partial charge in [0, 0.05) is 23.9 Å². The molecule has 0 fully saturated rings. The van der Waals surface area contributed by atoms with Crippen LogP contribution >= 0.6 is 0 Å². The zero-order valence-electron chi connectivity index (χ0n) is 17.5. The van der Waals surface area contributed by atoms with E-state index in [1.54, 1.807) is 10.8 Å². The van der Waals surface area contributed by atoms with Crippen molar-refractivity contribution in [3.05, 3.63) is 114 Å². The molecule has 4 rings (SSSR count). The first-order chi connectivity index (χ1) is 15.7. The minimum atomic E-state index is -0.394. The maximum absolute atomic E-state index is 12.7. The standard InChI is InChI=1S/C27H22N4O/c28-19-23(27(32)29-17-16-21-10-4-1-5-11-21)18-24-20-31(25-14-8-3-9-15-25)30-26(24)22-12-6-2-7-13-22/h1-15,18,20H,16-17H2,(H,29,32)/b23-18-. The molecule has 0 aliphatic carbocycles. The topological polar surface area (TPSA) is 70.7 Å². The van der Waals surface area contributed by atoms with Crippen molar-refractivity contribution in [3.8, 4) is 23.0 Å². The molecule has 1 aromatic heterocycles. The molecule has 4 aromatic rings. The second-order valence-electron chi connectivity index (χ2n) is 7.24. The Kier molecular flexibility index (Phi) is 6.54. The molecule has 3 aromatic carbocycles. The summed E-state index contributed by atoms with van der Waals surface area (Å²) in [5.41, 5.74) is 4.40. The fourth-order valence-corrected chi connectivity index (χ4v) is 3.39. The molecule has 0 saturated heterocycles. The molecule has 0 aliphatic rings. The van der Waals surface area contributed by atoms with Crippen LogP contribution in [-0.4, -0.2) is 22.2 Å². The lowest BCUT2D eigenvalue weighted by Crippen LogP contribution is -2.26. The quantitative estimate of drug-likeness (QED) is 0.346. The Morgan fingerprint density at radius 1 is 0.938 bits per heavy atom. The van der Waals surface area contributed by atoms with E-state index in [1.807, 2.05) is 103 Å². The maximum atomic E-state index is 12.7. The average Bonchev–Trinajstić information content (AvgIpc) is 3.28. The highest BCUT2D eigenvalue weighted by atomic mass is 16.1. The van der Waals surface area contributed by atoms with Crippen molar-refractivity contribution in [2.75, 3.05) is 6.54 Å². The van der Waals surface area contributed by atoms with E-state index in [9.17, 15) is 10.1 Å². The van der Waals surface area contributed by atoms with Crippen molar-refractivity contribution >= 4 is 12.0 Å². The molecular formula is C27H22N4O. The summed E-state index contributed by atoms with van der Waals surface area (Å²) in [6.45, 7) is 0.455. The van der Waals surface area contributed by atoms with Gasteiger partial charge >= 0.3 is 0 Å². The van der Waals surface area contributed by atoms with Crippen LogP contribution in [0.25, 0.3) is 23.0 Å². The Balaban J connectivity index is 1.60. The van der Waals surface area contributed by atoms with Crippen LogP contribution in [0.5, 0.6) is 0 Å². The molecule has 0 saturated carbocycles. The number of aromatic nitrogens is 2. The molecule has 0 bridgehead atoms. The fourth-order valence-electron chi connectivity index (χ4n) is 3.39. The summed E-state index contributed by atoms with van der Waals surface area (Å²) in [7, 11) is 0. The SMILES string of the molecule is N#C/C(=C/c1cn(-c2ccccc2)nc1-c1ccccc1)C(=O)NCCc1ccccc1. The molecule has 5 nitrogen and oxygen atoms in total. The van der Waals surface area contributed by atoms with Crippen molar-refractivity contribution < 1.29 is 4.79 Å². The molecule has 0 unspecified atom stereocenters. The molecule has 1 N–H and O–H groups in total. The molecule has 156 valence electrons. The van der Waals surface area contributed by atoms with Gasteiger partial charge in [0.25, 0.3) is 5.91 Å². The molecule has 0 aliphatic heterocycles. The summed E-state index contributed by atoms with van der Waals surface area (Å²) in [4.78, 5) is 12.7. The van der Waals surface area contributed by atoms with Gasteiger partial charge < -0.3 is 5.32 Å². The molecule has 0 spiro atoms. The first kappa shape index (κ1) is 20.8. The largest absolute Gasteiger partial charge is 0.351 e. The summed E-state index contributed by atoms with van der Waals surface area (Å²) in [5.74, 6) is -0.394. The molecular weight excluding hydrogens is 396 g/mol. The Labute approximate surface area is 187 Å². The zero-order chi connectivity index (χ0) is 22.2. The minimum absolute atomic E-state index is 0.0443. The smallest absolute Gasteiger partial charge is 0.261 e. The number of carbonyl (C=O) groups is 1. The molecule has 32 heavy (non-hydrogen) atoms. The monoisotopic (exact) mass is 418 g/mol. The van der Waals surface area contributed by atoms with Gasteiger partial charge in [0.15, 0.2) is 0 Å². The first-order valence-electron chi connectivity index (χ1n) is 10.4. The third-order valence-electron chi connectivity index (χ3n) is 5.02. The van der Waals surface area contributed by atoms with Crippen LogP contribution in [-0.2, 0) is 11.2 Å². The van der Waals surface area contributed by atoms with E-state index in [0.717, 1.165) is 16.8 Å². The first-order valence-corrected chi connectivity index (χ1v) is 10.4. The van der Waals surface area contributed by atoms with Crippen LogP contribution in [0.15, 0.2) is 103 Å². The molecule has 5 heteroatoms. The van der Waals surface area contributed by atoms with Crippen LogP contribution in [0.2, 0.25) is 0 Å². The second-order valence-corrected chi connectivity index (χ2v) is 7.24. The highest BCUT2D eigenvalue weighted by Gasteiger charge is 2.15. The molecule has 1 amide bonds. The van der Waals surface area contributed by atoms with Crippen LogP contribution in [0, 0.1) is 11.3 Å². The number of carbonyl (C=O) groups excluding carboxylic acids is 1. The number of amides is 1. The van der Waals surface area contributed by atoms with Crippen molar-refractivity contribution in [1.29, 1.82) is 5.26 Å². The predicted molar refractivity (Wildman–Crippen MR) is 126 cm³/mol. The van der Waals surface area contributed by atoms with Gasteiger partial charge in [0.05, 0.1) is 11.4 Å². The van der Waals surface area contributed by atoms with E-state index in [4.69, 9.17) is 5.10 Å². The number of nitriles is 1. The Morgan fingerprint density at radius 2 is 1.56 bits per heavy atom. The lowest BCUT2D eigenvalue weighted by molar-refractivity contribution is -0.117. The Hall–Kier alpha value is -4.43. The normalized spacial score (nSPS) is 11.0. The van der Waals surface area contributed by atoms with Gasteiger partial charge in [0.1, 0.15) is 11.6 Å². The number of hydrogen-bond acceptors (Lipinski definition) is 3. The highest BCUT2D eigenvalue weighted by Crippen LogP contribution is 2.25. The summed E-state index contributed by atoms with van der Waals surface area (Å²) in [6.07, 6.45) is 4.14. The number of benzene rings is 3. The summed E-state index contributed by atoms with van der Waals surface area (Å²) in [6, 6.07) is 31.4. The van der Waals surface area contributed by atoms with Gasteiger partial charge in [-0.15, -0.1) is 0 Å². The maximum Gasteiger partial charge on any atom is 0.261 e. The van der Waals surface area contributed by atoms with E-state index in [2.05, 4.69) is 5.32 Å². The van der Waals surface area contributed by atoms with E-state index in [-0.39, 0.29) is 5.57 Å². The number of para-hydroxylation sites is 1. The lowest BCUT2D eigenvalue weighted by Gasteiger charge is -2.05. The average molecular weight is 419 g/mol. The van der Waals surface area contributed by atoms with Crippen molar-refractivity contribution in [2.45, 2.75) is 6.42 Å². The summed E-state index contributed by atoms with van der Waals surface area (Å²) in [5, 5.41) is 17.2. The van der Waals surface area contributed by atoms with Gasteiger partial charge in [-0.2, -0.15) is 10.4 Å². The van der Waals surface area contributed by atoms with E-state index < -0.39 is 5.91 Å². The van der Waals surface area contributed by atoms with Crippen LogP contribution in [0.4, 0.5) is 0 Å². The lowest BCUT2D eigenvalue weighted by atomic mass is 10.1. The Morgan fingerprint density at radius 3 is 2.22 bits per heavy atom. The minimum Gasteiger partial charge on any atom is -0.351 e. The Bertz CT molecular complexity index is 1250. The number of hydrogen-bond donors (Lipinski definition) is 1. The summed E-state index contributed by atoms with van der Waals surface area (Å²) < 4.78 is 1.76. The van der Waals surface area contributed by atoms with Gasteiger partial charge in [-0.3, -0.25) is 4.79 Å². The molecule has 1 heterocycles. The van der Waals surface area contributed by atoms with E-state index >= 15 is 0 Å². The number of nitrogens with one attached hydrogen (secondary N) is 1. The fraction of sp³-hybridized carbons (Fsp3) is 0.0741. The molecule has 0 atom stereocenters.